The van der Waals surface area contributed by atoms with Crippen LogP contribution in [0.1, 0.15) is 47.5 Å². The maximum absolute atomic E-state index is 10.1. The fourth-order valence-electron chi connectivity index (χ4n) is 2.72. The lowest BCUT2D eigenvalue weighted by molar-refractivity contribution is -0.0701. The van der Waals surface area contributed by atoms with E-state index >= 15 is 0 Å². The predicted octanol–water partition coefficient (Wildman–Crippen LogP) is 2.53. The summed E-state index contributed by atoms with van der Waals surface area (Å²) >= 11 is 0. The van der Waals surface area contributed by atoms with E-state index in [0.29, 0.717) is 6.61 Å². The van der Waals surface area contributed by atoms with Crippen molar-refractivity contribution in [3.05, 3.63) is 0 Å². The van der Waals surface area contributed by atoms with Crippen LogP contribution in [0.25, 0.3) is 0 Å². The number of aliphatic hydroxyl groups is 1. The lowest BCUT2D eigenvalue weighted by Crippen LogP contribution is -2.44. The number of β-amino-alcohol motifs (C(OH)–C–C–N with tert-alkyl or cyclic N) is 1. The van der Waals surface area contributed by atoms with E-state index in [1.54, 1.807) is 0 Å². The lowest BCUT2D eigenvalue weighted by Gasteiger charge is -2.36. The second-order valence-electron chi connectivity index (χ2n) is 6.74. The molecule has 3 nitrogen and oxygen atoms in total. The first kappa shape index (κ1) is 15.9. The van der Waals surface area contributed by atoms with Crippen LogP contribution in [0.2, 0.25) is 0 Å². The minimum atomic E-state index is -0.367. The molecule has 1 saturated heterocycles. The number of likely N-dealkylation sites (tertiary alicyclic amines) is 1. The average molecular weight is 257 g/mol. The van der Waals surface area contributed by atoms with Crippen molar-refractivity contribution < 1.29 is 9.84 Å². The summed E-state index contributed by atoms with van der Waals surface area (Å²) in [5, 5.41) is 10.1. The first-order valence-corrected chi connectivity index (χ1v) is 7.36. The highest BCUT2D eigenvalue weighted by Gasteiger charge is 2.24. The monoisotopic (exact) mass is 257 g/mol. The summed E-state index contributed by atoms with van der Waals surface area (Å²) < 4.78 is 5.76. The SMILES string of the molecule is CCC(C)(C)OC[C@H](O)CN1C[C@@H](C)C[C@H](C)C1. The Labute approximate surface area is 113 Å². The Morgan fingerprint density at radius 3 is 2.33 bits per heavy atom. The van der Waals surface area contributed by atoms with Crippen molar-refractivity contribution >= 4 is 0 Å². The van der Waals surface area contributed by atoms with Crippen LogP contribution < -0.4 is 0 Å². The molecule has 0 unspecified atom stereocenters. The molecule has 0 aliphatic carbocycles. The Balaban J connectivity index is 2.29. The summed E-state index contributed by atoms with van der Waals surface area (Å²) in [7, 11) is 0. The van der Waals surface area contributed by atoms with Gasteiger partial charge in [-0.05, 0) is 38.5 Å². The average Bonchev–Trinajstić information content (AvgIpc) is 2.25. The second-order valence-corrected chi connectivity index (χ2v) is 6.74. The zero-order chi connectivity index (χ0) is 13.8. The van der Waals surface area contributed by atoms with Gasteiger partial charge in [-0.2, -0.15) is 0 Å². The lowest BCUT2D eigenvalue weighted by atomic mass is 9.92. The molecule has 0 aromatic heterocycles. The van der Waals surface area contributed by atoms with Gasteiger partial charge in [-0.3, -0.25) is 0 Å². The van der Waals surface area contributed by atoms with Crippen LogP contribution in [0.3, 0.4) is 0 Å². The van der Waals surface area contributed by atoms with Crippen LogP contribution >= 0.6 is 0 Å². The predicted molar refractivity (Wildman–Crippen MR) is 75.7 cm³/mol. The van der Waals surface area contributed by atoms with Crippen LogP contribution in [-0.2, 0) is 4.74 Å². The van der Waals surface area contributed by atoms with Crippen molar-refractivity contribution in [1.29, 1.82) is 0 Å². The van der Waals surface area contributed by atoms with Gasteiger partial charge in [0.1, 0.15) is 0 Å². The third-order valence-corrected chi connectivity index (χ3v) is 3.93. The molecule has 0 amide bonds. The molecule has 0 aromatic rings. The normalized spacial score (nSPS) is 28.3. The zero-order valence-corrected chi connectivity index (χ0v) is 12.8. The third-order valence-electron chi connectivity index (χ3n) is 3.93. The van der Waals surface area contributed by atoms with E-state index < -0.39 is 0 Å². The standard InChI is InChI=1S/C15H31NO2/c1-6-15(4,5)18-11-14(17)10-16-8-12(2)7-13(3)9-16/h12-14,17H,6-11H2,1-5H3/t12-,13-,14+/m0/s1. The van der Waals surface area contributed by atoms with Crippen LogP contribution in [0, 0.1) is 11.8 Å². The molecule has 3 heteroatoms. The molecule has 0 saturated carbocycles. The van der Waals surface area contributed by atoms with E-state index in [2.05, 4.69) is 39.5 Å². The summed E-state index contributed by atoms with van der Waals surface area (Å²) in [5.74, 6) is 1.49. The molecule has 1 N–H and O–H groups in total. The summed E-state index contributed by atoms with van der Waals surface area (Å²) in [4.78, 5) is 2.38. The zero-order valence-electron chi connectivity index (χ0n) is 12.8. The molecule has 1 aliphatic rings. The summed E-state index contributed by atoms with van der Waals surface area (Å²) in [6.07, 6.45) is 1.91. The quantitative estimate of drug-likeness (QED) is 0.793. The molecule has 108 valence electrons. The van der Waals surface area contributed by atoms with E-state index in [0.717, 1.165) is 37.9 Å². The van der Waals surface area contributed by atoms with Gasteiger partial charge in [0.2, 0.25) is 0 Å². The van der Waals surface area contributed by atoms with E-state index in [-0.39, 0.29) is 11.7 Å². The number of piperidine rings is 1. The highest BCUT2D eigenvalue weighted by molar-refractivity contribution is 4.77. The maximum Gasteiger partial charge on any atom is 0.0900 e. The van der Waals surface area contributed by atoms with Crippen molar-refractivity contribution in [3.8, 4) is 0 Å². The Morgan fingerprint density at radius 2 is 1.83 bits per heavy atom. The highest BCUT2D eigenvalue weighted by Crippen LogP contribution is 2.21. The summed E-state index contributed by atoms with van der Waals surface area (Å²) in [6.45, 7) is 14.3. The maximum atomic E-state index is 10.1. The Hall–Kier alpha value is -0.120. The molecule has 3 atom stereocenters. The van der Waals surface area contributed by atoms with Crippen LogP contribution in [0.5, 0.6) is 0 Å². The molecule has 1 heterocycles. The Morgan fingerprint density at radius 1 is 1.28 bits per heavy atom. The summed E-state index contributed by atoms with van der Waals surface area (Å²) in [6, 6.07) is 0. The smallest absolute Gasteiger partial charge is 0.0900 e. The molecule has 0 aromatic carbocycles. The van der Waals surface area contributed by atoms with Crippen LogP contribution in [0.15, 0.2) is 0 Å². The van der Waals surface area contributed by atoms with Crippen molar-refractivity contribution in [3.63, 3.8) is 0 Å². The molecule has 1 fully saturated rings. The molecular weight excluding hydrogens is 226 g/mol. The van der Waals surface area contributed by atoms with Crippen molar-refractivity contribution in [2.75, 3.05) is 26.2 Å². The van der Waals surface area contributed by atoms with Crippen molar-refractivity contribution in [2.45, 2.75) is 59.2 Å². The molecular formula is C15H31NO2. The third kappa shape index (κ3) is 5.68. The Bertz CT molecular complexity index is 233. The van der Waals surface area contributed by atoms with E-state index in [1.807, 2.05) is 0 Å². The first-order valence-electron chi connectivity index (χ1n) is 7.36. The fourth-order valence-corrected chi connectivity index (χ4v) is 2.72. The van der Waals surface area contributed by atoms with Gasteiger partial charge < -0.3 is 14.7 Å². The molecule has 1 aliphatic heterocycles. The van der Waals surface area contributed by atoms with Gasteiger partial charge >= 0.3 is 0 Å². The minimum Gasteiger partial charge on any atom is -0.389 e. The molecule has 0 spiro atoms. The summed E-state index contributed by atoms with van der Waals surface area (Å²) in [5.41, 5.74) is -0.122. The Kier molecular flexibility index (Phi) is 6.09. The number of ether oxygens (including phenoxy) is 1. The number of nitrogens with zero attached hydrogens (tertiary/aromatic N) is 1. The molecule has 18 heavy (non-hydrogen) atoms. The number of hydrogen-bond acceptors (Lipinski definition) is 3. The van der Waals surface area contributed by atoms with Gasteiger partial charge in [0, 0.05) is 19.6 Å². The van der Waals surface area contributed by atoms with Gasteiger partial charge in [0.25, 0.3) is 0 Å². The number of rotatable bonds is 6. The van der Waals surface area contributed by atoms with Gasteiger partial charge in [-0.25, -0.2) is 0 Å². The van der Waals surface area contributed by atoms with Gasteiger partial charge in [0.15, 0.2) is 0 Å². The first-order chi connectivity index (χ1) is 8.32. The fraction of sp³-hybridized carbons (Fsp3) is 1.00. The van der Waals surface area contributed by atoms with Gasteiger partial charge in [-0.1, -0.05) is 20.8 Å². The van der Waals surface area contributed by atoms with Crippen LogP contribution in [-0.4, -0.2) is 48.0 Å². The van der Waals surface area contributed by atoms with E-state index in [4.69, 9.17) is 4.74 Å². The van der Waals surface area contributed by atoms with Crippen molar-refractivity contribution in [2.24, 2.45) is 11.8 Å². The van der Waals surface area contributed by atoms with Crippen LogP contribution in [0.4, 0.5) is 0 Å². The second kappa shape index (κ2) is 6.88. The topological polar surface area (TPSA) is 32.7 Å². The molecule has 0 radical (unpaired) electrons. The van der Waals surface area contributed by atoms with E-state index in [9.17, 15) is 5.11 Å². The molecule has 1 rings (SSSR count). The van der Waals surface area contributed by atoms with E-state index in [1.165, 1.54) is 6.42 Å². The highest BCUT2D eigenvalue weighted by atomic mass is 16.5. The largest absolute Gasteiger partial charge is 0.389 e. The number of aliphatic hydroxyl groups excluding tert-OH is 1. The minimum absolute atomic E-state index is 0.122. The van der Waals surface area contributed by atoms with Gasteiger partial charge in [0.05, 0.1) is 18.3 Å². The number of hydrogen-bond donors (Lipinski definition) is 1. The van der Waals surface area contributed by atoms with Crippen molar-refractivity contribution in [1.82, 2.24) is 4.90 Å². The van der Waals surface area contributed by atoms with Gasteiger partial charge in [-0.15, -0.1) is 0 Å². The molecule has 0 bridgehead atoms.